The van der Waals surface area contributed by atoms with Gasteiger partial charge in [0.1, 0.15) is 11.5 Å². The smallest absolute Gasteiger partial charge is 0.307 e. The number of hydrogen-bond acceptors (Lipinski definition) is 6. The second-order valence-electron chi connectivity index (χ2n) is 5.51. The summed E-state index contributed by atoms with van der Waals surface area (Å²) < 4.78 is 15.2. The molecular weight excluding hydrogens is 340 g/mol. The molecule has 0 heterocycles. The zero-order valence-electron chi connectivity index (χ0n) is 15.4. The summed E-state index contributed by atoms with van der Waals surface area (Å²) in [5, 5.41) is 2.67. The van der Waals surface area contributed by atoms with Gasteiger partial charge < -0.3 is 24.4 Å². The Bertz CT molecular complexity index is 605. The quantitative estimate of drug-likeness (QED) is 0.464. The van der Waals surface area contributed by atoms with E-state index in [-0.39, 0.29) is 31.4 Å². The zero-order chi connectivity index (χ0) is 19.4. The lowest BCUT2D eigenvalue weighted by atomic mass is 10.3. The molecule has 0 spiro atoms. The molecule has 0 saturated carbocycles. The minimum Gasteiger partial charge on any atom is -0.497 e. The molecule has 0 saturated heterocycles. The highest BCUT2D eigenvalue weighted by Crippen LogP contribution is 2.18. The van der Waals surface area contributed by atoms with Gasteiger partial charge in [-0.25, -0.2) is 0 Å². The van der Waals surface area contributed by atoms with Crippen molar-refractivity contribution in [1.82, 2.24) is 10.2 Å². The Labute approximate surface area is 153 Å². The summed E-state index contributed by atoms with van der Waals surface area (Å²) in [6.07, 6.45) is 0.674. The van der Waals surface area contributed by atoms with Gasteiger partial charge in [-0.05, 0) is 18.6 Å². The van der Waals surface area contributed by atoms with Gasteiger partial charge in [-0.2, -0.15) is 0 Å². The summed E-state index contributed by atoms with van der Waals surface area (Å²) in [6.45, 7) is 2.36. The fourth-order valence-corrected chi connectivity index (χ4v) is 2.15. The first-order valence-corrected chi connectivity index (χ1v) is 8.32. The number of nitrogens with one attached hydrogen (secondary N) is 1. The van der Waals surface area contributed by atoms with Crippen LogP contribution in [0.3, 0.4) is 0 Å². The van der Waals surface area contributed by atoms with Gasteiger partial charge in [-0.3, -0.25) is 14.4 Å². The fraction of sp³-hybridized carbons (Fsp3) is 0.500. The number of nitrogens with zero attached hydrogens (tertiary/aromatic N) is 1. The molecule has 1 aromatic rings. The molecule has 0 aliphatic heterocycles. The van der Waals surface area contributed by atoms with Gasteiger partial charge in [-0.1, -0.05) is 6.07 Å². The van der Waals surface area contributed by atoms with Crippen molar-refractivity contribution < 1.29 is 28.6 Å². The van der Waals surface area contributed by atoms with Gasteiger partial charge in [0, 0.05) is 32.6 Å². The number of hydrogen-bond donors (Lipinski definition) is 1. The van der Waals surface area contributed by atoms with Gasteiger partial charge in [0.2, 0.25) is 5.91 Å². The van der Waals surface area contributed by atoms with Crippen molar-refractivity contribution >= 4 is 17.8 Å². The number of amides is 2. The van der Waals surface area contributed by atoms with Crippen molar-refractivity contribution in [1.29, 1.82) is 0 Å². The molecule has 8 nitrogen and oxygen atoms in total. The average Bonchev–Trinajstić information content (AvgIpc) is 2.65. The fourth-order valence-electron chi connectivity index (χ4n) is 2.15. The molecule has 0 aliphatic carbocycles. The first kappa shape index (κ1) is 21.3. The van der Waals surface area contributed by atoms with E-state index in [1.54, 1.807) is 31.4 Å². The van der Waals surface area contributed by atoms with Crippen LogP contribution in [0.15, 0.2) is 24.3 Å². The summed E-state index contributed by atoms with van der Waals surface area (Å²) in [6, 6.07) is 6.95. The molecule has 0 radical (unpaired) electrons. The van der Waals surface area contributed by atoms with Gasteiger partial charge in [0.15, 0.2) is 6.61 Å². The van der Waals surface area contributed by atoms with E-state index in [4.69, 9.17) is 9.47 Å². The predicted molar refractivity (Wildman–Crippen MR) is 95.0 cm³/mol. The summed E-state index contributed by atoms with van der Waals surface area (Å²) in [4.78, 5) is 36.2. The van der Waals surface area contributed by atoms with E-state index in [2.05, 4.69) is 10.1 Å². The van der Waals surface area contributed by atoms with Crippen molar-refractivity contribution in [3.63, 3.8) is 0 Å². The molecule has 2 amide bonds. The number of carbonyl (C=O) groups excluding carboxylic acids is 3. The Morgan fingerprint density at radius 1 is 1.12 bits per heavy atom. The maximum absolute atomic E-state index is 12.4. The molecular formula is C18H26N2O6. The number of ether oxygens (including phenoxy) is 3. The second-order valence-corrected chi connectivity index (χ2v) is 5.51. The van der Waals surface area contributed by atoms with Crippen molar-refractivity contribution in [3.05, 3.63) is 24.3 Å². The largest absolute Gasteiger partial charge is 0.497 e. The van der Waals surface area contributed by atoms with E-state index in [1.807, 2.05) is 0 Å². The molecule has 144 valence electrons. The molecule has 0 bridgehead atoms. The van der Waals surface area contributed by atoms with Gasteiger partial charge in [0.25, 0.3) is 5.91 Å². The summed E-state index contributed by atoms with van der Waals surface area (Å²) in [5.74, 6) is 0.383. The van der Waals surface area contributed by atoms with Crippen LogP contribution in [0.25, 0.3) is 0 Å². The molecule has 1 rings (SSSR count). The Morgan fingerprint density at radius 2 is 1.85 bits per heavy atom. The monoisotopic (exact) mass is 366 g/mol. The molecule has 8 heteroatoms. The molecule has 0 atom stereocenters. The van der Waals surface area contributed by atoms with Crippen LogP contribution in [0.1, 0.15) is 19.8 Å². The van der Waals surface area contributed by atoms with Gasteiger partial charge in [0.05, 0.1) is 20.6 Å². The van der Waals surface area contributed by atoms with Gasteiger partial charge in [-0.15, -0.1) is 0 Å². The van der Waals surface area contributed by atoms with Crippen molar-refractivity contribution in [2.45, 2.75) is 19.8 Å². The number of carbonyl (C=O) groups is 3. The minimum absolute atomic E-state index is 0.0987. The summed E-state index contributed by atoms with van der Waals surface area (Å²) in [5.41, 5.74) is 0. The SMILES string of the molecule is COC(=O)CCN(CCCNC(C)=O)C(=O)COc1cccc(OC)c1. The number of benzene rings is 1. The topological polar surface area (TPSA) is 94.2 Å². The van der Waals surface area contributed by atoms with Crippen LogP contribution in [-0.2, 0) is 19.1 Å². The van der Waals surface area contributed by atoms with E-state index in [0.717, 1.165) is 0 Å². The predicted octanol–water partition coefficient (Wildman–Crippen LogP) is 0.992. The molecule has 0 fully saturated rings. The second kappa shape index (κ2) is 11.7. The van der Waals surface area contributed by atoms with Crippen LogP contribution < -0.4 is 14.8 Å². The maximum Gasteiger partial charge on any atom is 0.307 e. The molecule has 0 unspecified atom stereocenters. The average molecular weight is 366 g/mol. The molecule has 1 N–H and O–H groups in total. The Kier molecular flexibility index (Phi) is 9.59. The highest BCUT2D eigenvalue weighted by atomic mass is 16.5. The Hall–Kier alpha value is -2.77. The number of methoxy groups -OCH3 is 2. The lowest BCUT2D eigenvalue weighted by molar-refractivity contribution is -0.142. The summed E-state index contributed by atoms with van der Waals surface area (Å²) in [7, 11) is 2.85. The highest BCUT2D eigenvalue weighted by molar-refractivity contribution is 5.78. The Morgan fingerprint density at radius 3 is 2.50 bits per heavy atom. The first-order valence-electron chi connectivity index (χ1n) is 8.32. The third-order valence-electron chi connectivity index (χ3n) is 3.55. The lowest BCUT2D eigenvalue weighted by Gasteiger charge is -2.22. The third-order valence-corrected chi connectivity index (χ3v) is 3.55. The van der Waals surface area contributed by atoms with Crippen LogP contribution in [0, 0.1) is 0 Å². The van der Waals surface area contributed by atoms with Gasteiger partial charge >= 0.3 is 5.97 Å². The standard InChI is InChI=1S/C18H26N2O6/c1-14(21)19-9-5-10-20(11-8-18(23)25-3)17(22)13-26-16-7-4-6-15(12-16)24-2/h4,6-7,12H,5,8-11,13H2,1-3H3,(H,19,21). The highest BCUT2D eigenvalue weighted by Gasteiger charge is 2.16. The van der Waals surface area contributed by atoms with Crippen LogP contribution in [0.4, 0.5) is 0 Å². The van der Waals surface area contributed by atoms with E-state index >= 15 is 0 Å². The molecule has 1 aromatic carbocycles. The normalized spacial score (nSPS) is 9.96. The molecule has 0 aromatic heterocycles. The van der Waals surface area contributed by atoms with Crippen molar-refractivity contribution in [2.75, 3.05) is 40.5 Å². The number of rotatable bonds is 11. The van der Waals surface area contributed by atoms with E-state index < -0.39 is 5.97 Å². The van der Waals surface area contributed by atoms with E-state index in [0.29, 0.717) is 31.0 Å². The Balaban J connectivity index is 2.56. The van der Waals surface area contributed by atoms with E-state index in [9.17, 15) is 14.4 Å². The number of esters is 1. The zero-order valence-corrected chi connectivity index (χ0v) is 15.4. The van der Waals surface area contributed by atoms with E-state index in [1.165, 1.54) is 18.9 Å². The summed E-state index contributed by atoms with van der Waals surface area (Å²) >= 11 is 0. The molecule has 0 aliphatic rings. The maximum atomic E-state index is 12.4. The van der Waals surface area contributed by atoms with Crippen LogP contribution in [-0.4, -0.2) is 63.1 Å². The third kappa shape index (κ3) is 8.36. The first-order chi connectivity index (χ1) is 12.5. The van der Waals surface area contributed by atoms with Crippen molar-refractivity contribution in [3.8, 4) is 11.5 Å². The van der Waals surface area contributed by atoms with Crippen LogP contribution in [0.2, 0.25) is 0 Å². The minimum atomic E-state index is -0.390. The van der Waals surface area contributed by atoms with Crippen LogP contribution >= 0.6 is 0 Å². The lowest BCUT2D eigenvalue weighted by Crippen LogP contribution is -2.38. The molecule has 26 heavy (non-hydrogen) atoms. The van der Waals surface area contributed by atoms with Crippen LogP contribution in [0.5, 0.6) is 11.5 Å². The van der Waals surface area contributed by atoms with Crippen molar-refractivity contribution in [2.24, 2.45) is 0 Å².